The average Bonchev–Trinajstić information content (AvgIpc) is 2.27. The Labute approximate surface area is 101 Å². The molecule has 0 aliphatic rings. The van der Waals surface area contributed by atoms with E-state index in [-0.39, 0.29) is 6.42 Å². The third kappa shape index (κ3) is 5.03. The molecule has 0 saturated heterocycles. The van der Waals surface area contributed by atoms with Crippen molar-refractivity contribution in [2.75, 3.05) is 5.75 Å². The van der Waals surface area contributed by atoms with Gasteiger partial charge >= 0.3 is 5.97 Å². The van der Waals surface area contributed by atoms with Gasteiger partial charge in [-0.2, -0.15) is 12.6 Å². The van der Waals surface area contributed by atoms with Crippen LogP contribution in [0.15, 0.2) is 30.3 Å². The predicted octanol–water partition coefficient (Wildman–Crippen LogP) is 3.04. The Morgan fingerprint density at radius 1 is 1.44 bits per heavy atom. The van der Waals surface area contributed by atoms with Crippen LogP contribution in [0, 0.1) is 0 Å². The van der Waals surface area contributed by atoms with Crippen LogP contribution < -0.4 is 0 Å². The van der Waals surface area contributed by atoms with Gasteiger partial charge in [-0.05, 0) is 29.7 Å². The first kappa shape index (κ1) is 12.8. The summed E-state index contributed by atoms with van der Waals surface area (Å²) in [6.45, 7) is 0. The first-order valence-corrected chi connectivity index (χ1v) is 5.94. The van der Waals surface area contributed by atoms with Gasteiger partial charge < -0.3 is 5.11 Å². The molecule has 1 rings (SSSR count). The standard InChI is InChI=1S/C13H16O2S/c14-13(15)8-7-12-6-3-5-11(10-12)4-1-2-9-16/h1,3-6,10,16H,2,7-9H2,(H,14,15). The fourth-order valence-corrected chi connectivity index (χ4v) is 1.55. The highest BCUT2D eigenvalue weighted by molar-refractivity contribution is 7.80. The molecule has 0 unspecified atom stereocenters. The lowest BCUT2D eigenvalue weighted by Crippen LogP contribution is -1.97. The fourth-order valence-electron chi connectivity index (χ4n) is 1.40. The molecule has 0 amide bonds. The number of hydrogen-bond donors (Lipinski definition) is 2. The quantitative estimate of drug-likeness (QED) is 0.745. The molecular formula is C13H16O2S. The van der Waals surface area contributed by atoms with E-state index in [1.165, 1.54) is 0 Å². The number of aryl methyl sites for hydroxylation is 1. The van der Waals surface area contributed by atoms with Gasteiger partial charge in [0.05, 0.1) is 0 Å². The second-order valence-electron chi connectivity index (χ2n) is 3.55. The number of carboxylic acids is 1. The van der Waals surface area contributed by atoms with E-state index >= 15 is 0 Å². The van der Waals surface area contributed by atoms with Crippen LogP contribution in [-0.4, -0.2) is 16.8 Å². The van der Waals surface area contributed by atoms with Gasteiger partial charge in [-0.25, -0.2) is 0 Å². The monoisotopic (exact) mass is 236 g/mol. The molecule has 16 heavy (non-hydrogen) atoms. The van der Waals surface area contributed by atoms with Crippen LogP contribution in [0.1, 0.15) is 24.0 Å². The van der Waals surface area contributed by atoms with Crippen molar-refractivity contribution < 1.29 is 9.90 Å². The highest BCUT2D eigenvalue weighted by Crippen LogP contribution is 2.09. The van der Waals surface area contributed by atoms with E-state index in [2.05, 4.69) is 18.7 Å². The fraction of sp³-hybridized carbons (Fsp3) is 0.308. The third-order valence-electron chi connectivity index (χ3n) is 2.18. The Hall–Kier alpha value is -1.22. The molecule has 1 aromatic rings. The van der Waals surface area contributed by atoms with Crippen LogP contribution >= 0.6 is 12.6 Å². The molecule has 0 fully saturated rings. The molecule has 86 valence electrons. The van der Waals surface area contributed by atoms with Crippen molar-refractivity contribution in [1.29, 1.82) is 0 Å². The van der Waals surface area contributed by atoms with E-state index in [0.717, 1.165) is 23.3 Å². The van der Waals surface area contributed by atoms with Crippen LogP contribution in [0.4, 0.5) is 0 Å². The van der Waals surface area contributed by atoms with Crippen molar-refractivity contribution in [3.63, 3.8) is 0 Å². The normalized spacial score (nSPS) is 10.8. The summed E-state index contributed by atoms with van der Waals surface area (Å²) < 4.78 is 0. The topological polar surface area (TPSA) is 37.3 Å². The summed E-state index contributed by atoms with van der Waals surface area (Å²) in [5, 5.41) is 8.59. The summed E-state index contributed by atoms with van der Waals surface area (Å²) in [5.74, 6) is 0.0888. The second-order valence-corrected chi connectivity index (χ2v) is 4.00. The Kier molecular flexibility index (Phi) is 5.72. The van der Waals surface area contributed by atoms with Gasteiger partial charge in [0, 0.05) is 6.42 Å². The smallest absolute Gasteiger partial charge is 0.303 e. The van der Waals surface area contributed by atoms with Gasteiger partial charge in [-0.3, -0.25) is 4.79 Å². The zero-order chi connectivity index (χ0) is 11.8. The number of allylic oxidation sites excluding steroid dienone is 1. The van der Waals surface area contributed by atoms with Crippen molar-refractivity contribution in [3.8, 4) is 0 Å². The number of hydrogen-bond acceptors (Lipinski definition) is 2. The predicted molar refractivity (Wildman–Crippen MR) is 69.9 cm³/mol. The minimum absolute atomic E-state index is 0.184. The van der Waals surface area contributed by atoms with Crippen molar-refractivity contribution in [3.05, 3.63) is 41.5 Å². The highest BCUT2D eigenvalue weighted by Gasteiger charge is 1.98. The van der Waals surface area contributed by atoms with Crippen molar-refractivity contribution in [1.82, 2.24) is 0 Å². The van der Waals surface area contributed by atoms with E-state index in [0.29, 0.717) is 6.42 Å². The van der Waals surface area contributed by atoms with Gasteiger partial charge in [0.2, 0.25) is 0 Å². The van der Waals surface area contributed by atoms with E-state index in [9.17, 15) is 4.79 Å². The zero-order valence-corrected chi connectivity index (χ0v) is 9.99. The molecule has 0 atom stereocenters. The molecule has 0 heterocycles. The zero-order valence-electron chi connectivity index (χ0n) is 9.10. The summed E-state index contributed by atoms with van der Waals surface area (Å²) in [7, 11) is 0. The molecule has 0 radical (unpaired) electrons. The minimum Gasteiger partial charge on any atom is -0.481 e. The maximum absolute atomic E-state index is 10.4. The van der Waals surface area contributed by atoms with E-state index in [4.69, 9.17) is 5.11 Å². The SMILES string of the molecule is O=C(O)CCc1cccc(C=CCCS)c1. The number of rotatable bonds is 6. The minimum atomic E-state index is -0.754. The third-order valence-corrected chi connectivity index (χ3v) is 2.44. The summed E-state index contributed by atoms with van der Waals surface area (Å²) in [5.41, 5.74) is 2.18. The van der Waals surface area contributed by atoms with Crippen molar-refractivity contribution in [2.45, 2.75) is 19.3 Å². The van der Waals surface area contributed by atoms with Crippen LogP contribution in [0.3, 0.4) is 0 Å². The largest absolute Gasteiger partial charge is 0.481 e. The maximum atomic E-state index is 10.4. The Balaban J connectivity index is 2.60. The summed E-state index contributed by atoms with van der Waals surface area (Å²) in [4.78, 5) is 10.4. The molecule has 3 heteroatoms. The molecule has 0 aromatic heterocycles. The Morgan fingerprint density at radius 2 is 2.25 bits per heavy atom. The van der Waals surface area contributed by atoms with Crippen LogP contribution in [0.5, 0.6) is 0 Å². The van der Waals surface area contributed by atoms with Gasteiger partial charge in [0.15, 0.2) is 0 Å². The van der Waals surface area contributed by atoms with Gasteiger partial charge in [0.25, 0.3) is 0 Å². The lowest BCUT2D eigenvalue weighted by atomic mass is 10.1. The van der Waals surface area contributed by atoms with Crippen LogP contribution in [0.2, 0.25) is 0 Å². The highest BCUT2D eigenvalue weighted by atomic mass is 32.1. The molecular weight excluding hydrogens is 220 g/mol. The van der Waals surface area contributed by atoms with E-state index < -0.39 is 5.97 Å². The molecule has 2 nitrogen and oxygen atoms in total. The van der Waals surface area contributed by atoms with Gasteiger partial charge in [0.1, 0.15) is 0 Å². The number of carbonyl (C=O) groups is 1. The Bertz CT molecular complexity index is 372. The Morgan fingerprint density at radius 3 is 2.94 bits per heavy atom. The average molecular weight is 236 g/mol. The second kappa shape index (κ2) is 7.12. The first-order chi connectivity index (χ1) is 7.72. The lowest BCUT2D eigenvalue weighted by molar-refractivity contribution is -0.136. The first-order valence-electron chi connectivity index (χ1n) is 5.30. The molecule has 0 spiro atoms. The van der Waals surface area contributed by atoms with Crippen LogP contribution in [-0.2, 0) is 11.2 Å². The lowest BCUT2D eigenvalue weighted by Gasteiger charge is -2.00. The summed E-state index contributed by atoms with van der Waals surface area (Å²) >= 11 is 4.13. The van der Waals surface area contributed by atoms with Gasteiger partial charge in [-0.15, -0.1) is 0 Å². The number of carboxylic acid groups (broad SMARTS) is 1. The molecule has 1 aromatic carbocycles. The van der Waals surface area contributed by atoms with Crippen molar-refractivity contribution >= 4 is 24.7 Å². The number of thiol groups is 1. The maximum Gasteiger partial charge on any atom is 0.303 e. The summed E-state index contributed by atoms with van der Waals surface area (Å²) in [6, 6.07) is 7.95. The van der Waals surface area contributed by atoms with Gasteiger partial charge in [-0.1, -0.05) is 36.4 Å². The van der Waals surface area contributed by atoms with Crippen molar-refractivity contribution in [2.24, 2.45) is 0 Å². The number of benzene rings is 1. The summed E-state index contributed by atoms with van der Waals surface area (Å²) in [6.07, 6.45) is 5.83. The molecule has 0 bridgehead atoms. The molecule has 0 saturated carbocycles. The molecule has 1 N–H and O–H groups in total. The molecule has 0 aliphatic heterocycles. The van der Waals surface area contributed by atoms with E-state index in [1.807, 2.05) is 30.3 Å². The number of aliphatic carboxylic acids is 1. The van der Waals surface area contributed by atoms with Crippen LogP contribution in [0.25, 0.3) is 6.08 Å². The molecule has 0 aliphatic carbocycles. The van der Waals surface area contributed by atoms with E-state index in [1.54, 1.807) is 0 Å².